The van der Waals surface area contributed by atoms with Crippen LogP contribution >= 0.6 is 11.6 Å². The van der Waals surface area contributed by atoms with Crippen molar-refractivity contribution >= 4 is 35.2 Å². The summed E-state index contributed by atoms with van der Waals surface area (Å²) in [6.07, 6.45) is 2.50. The first-order valence-corrected chi connectivity index (χ1v) is 7.86. The van der Waals surface area contributed by atoms with Gasteiger partial charge in [0.25, 0.3) is 5.91 Å². The molecular weight excluding hydrogens is 387 g/mol. The predicted molar refractivity (Wildman–Crippen MR) is 93.1 cm³/mol. The number of rotatable bonds is 7. The van der Waals surface area contributed by atoms with Crippen LogP contribution in [0, 0.1) is 5.82 Å². The Morgan fingerprint density at radius 1 is 1.15 bits per heavy atom. The van der Waals surface area contributed by atoms with Crippen LogP contribution in [0.5, 0.6) is 5.75 Å². The Hall–Kier alpha value is -3.00. The molecule has 0 aliphatic rings. The first kappa shape index (κ1) is 20.3. The smallest absolute Gasteiger partial charge is 0.387 e. The molecule has 0 unspecified atom stereocenters. The van der Waals surface area contributed by atoms with Crippen molar-refractivity contribution in [1.29, 1.82) is 0 Å². The van der Waals surface area contributed by atoms with E-state index in [0.717, 1.165) is 6.08 Å². The number of ether oxygens (including phenoxy) is 2. The van der Waals surface area contributed by atoms with Crippen molar-refractivity contribution in [2.75, 3.05) is 11.9 Å². The van der Waals surface area contributed by atoms with E-state index in [1.54, 1.807) is 0 Å². The highest BCUT2D eigenvalue weighted by Gasteiger charge is 2.11. The molecule has 0 atom stereocenters. The summed E-state index contributed by atoms with van der Waals surface area (Å²) in [6.45, 7) is -3.59. The SMILES string of the molecule is O=C(COC(=O)/C=C/c1ccc(F)cc1)Nc1ccc(OC(F)F)c(Cl)c1. The van der Waals surface area contributed by atoms with Gasteiger partial charge in [-0.2, -0.15) is 8.78 Å². The van der Waals surface area contributed by atoms with Gasteiger partial charge in [-0.15, -0.1) is 0 Å². The molecule has 0 aliphatic heterocycles. The summed E-state index contributed by atoms with van der Waals surface area (Å²) >= 11 is 5.77. The summed E-state index contributed by atoms with van der Waals surface area (Å²) < 4.78 is 46.0. The highest BCUT2D eigenvalue weighted by molar-refractivity contribution is 6.32. The number of benzene rings is 2. The molecule has 5 nitrogen and oxygen atoms in total. The van der Waals surface area contributed by atoms with Crippen LogP contribution < -0.4 is 10.1 Å². The van der Waals surface area contributed by atoms with Crippen LogP contribution in [0.15, 0.2) is 48.5 Å². The fourth-order valence-electron chi connectivity index (χ4n) is 1.89. The number of halogens is 4. The van der Waals surface area contributed by atoms with Gasteiger partial charge in [0, 0.05) is 11.8 Å². The highest BCUT2D eigenvalue weighted by Crippen LogP contribution is 2.28. The fraction of sp³-hybridized carbons (Fsp3) is 0.111. The third-order valence-corrected chi connectivity index (χ3v) is 3.35. The van der Waals surface area contributed by atoms with Crippen LogP contribution in [0.1, 0.15) is 5.56 Å². The van der Waals surface area contributed by atoms with Gasteiger partial charge in [0.15, 0.2) is 6.61 Å². The van der Waals surface area contributed by atoms with Crippen molar-refractivity contribution in [3.8, 4) is 5.75 Å². The Kier molecular flexibility index (Phi) is 7.25. The van der Waals surface area contributed by atoms with E-state index in [9.17, 15) is 22.8 Å². The third-order valence-electron chi connectivity index (χ3n) is 3.06. The molecule has 2 aromatic carbocycles. The Morgan fingerprint density at radius 3 is 2.48 bits per heavy atom. The van der Waals surface area contributed by atoms with Crippen LogP contribution in [-0.2, 0) is 14.3 Å². The minimum Gasteiger partial charge on any atom is -0.452 e. The molecule has 0 saturated carbocycles. The number of nitrogens with one attached hydrogen (secondary N) is 1. The first-order valence-electron chi connectivity index (χ1n) is 7.48. The normalized spacial score (nSPS) is 10.9. The van der Waals surface area contributed by atoms with Gasteiger partial charge in [-0.1, -0.05) is 23.7 Å². The maximum absolute atomic E-state index is 12.8. The van der Waals surface area contributed by atoms with Crippen LogP contribution in [0.2, 0.25) is 5.02 Å². The van der Waals surface area contributed by atoms with Crippen LogP contribution in [-0.4, -0.2) is 25.1 Å². The molecule has 27 heavy (non-hydrogen) atoms. The summed E-state index contributed by atoms with van der Waals surface area (Å²) in [6, 6.07) is 9.10. The third kappa shape index (κ3) is 7.02. The van der Waals surface area contributed by atoms with E-state index >= 15 is 0 Å². The number of anilines is 1. The van der Waals surface area contributed by atoms with E-state index in [-0.39, 0.29) is 16.5 Å². The molecule has 1 amide bonds. The fourth-order valence-corrected chi connectivity index (χ4v) is 2.12. The Labute approximate surface area is 157 Å². The van der Waals surface area contributed by atoms with Crippen molar-refractivity contribution in [2.24, 2.45) is 0 Å². The van der Waals surface area contributed by atoms with Crippen LogP contribution in [0.3, 0.4) is 0 Å². The van der Waals surface area contributed by atoms with Crippen LogP contribution in [0.4, 0.5) is 18.9 Å². The Balaban J connectivity index is 1.82. The molecule has 0 heterocycles. The molecule has 1 N–H and O–H groups in total. The maximum Gasteiger partial charge on any atom is 0.387 e. The molecule has 0 aromatic heterocycles. The van der Waals surface area contributed by atoms with Crippen molar-refractivity contribution in [1.82, 2.24) is 0 Å². The van der Waals surface area contributed by atoms with Gasteiger partial charge in [0.2, 0.25) is 0 Å². The topological polar surface area (TPSA) is 64.6 Å². The second kappa shape index (κ2) is 9.63. The Morgan fingerprint density at radius 2 is 1.85 bits per heavy atom. The zero-order chi connectivity index (χ0) is 19.8. The van der Waals surface area contributed by atoms with Gasteiger partial charge in [-0.25, -0.2) is 9.18 Å². The van der Waals surface area contributed by atoms with E-state index in [4.69, 9.17) is 16.3 Å². The summed E-state index contributed by atoms with van der Waals surface area (Å²) in [7, 11) is 0. The van der Waals surface area contributed by atoms with E-state index < -0.39 is 30.9 Å². The minimum atomic E-state index is -3.02. The quantitative estimate of drug-likeness (QED) is 0.557. The lowest BCUT2D eigenvalue weighted by Gasteiger charge is -2.09. The highest BCUT2D eigenvalue weighted by atomic mass is 35.5. The number of carbonyl (C=O) groups excluding carboxylic acids is 2. The molecule has 0 saturated heterocycles. The Bertz CT molecular complexity index is 841. The number of esters is 1. The first-order chi connectivity index (χ1) is 12.8. The van der Waals surface area contributed by atoms with Gasteiger partial charge >= 0.3 is 12.6 Å². The zero-order valence-electron chi connectivity index (χ0n) is 13.6. The lowest BCUT2D eigenvalue weighted by molar-refractivity contribution is -0.142. The molecule has 0 bridgehead atoms. The van der Waals surface area contributed by atoms with Gasteiger partial charge in [0.05, 0.1) is 5.02 Å². The predicted octanol–water partition coefficient (Wildman–Crippen LogP) is 4.28. The van der Waals surface area contributed by atoms with Gasteiger partial charge in [0.1, 0.15) is 11.6 Å². The summed E-state index contributed by atoms with van der Waals surface area (Å²) in [5, 5.41) is 2.27. The summed E-state index contributed by atoms with van der Waals surface area (Å²) in [5.74, 6) is -2.06. The summed E-state index contributed by atoms with van der Waals surface area (Å²) in [5.41, 5.74) is 0.795. The van der Waals surface area contributed by atoms with Crippen molar-refractivity contribution in [3.05, 3.63) is 64.9 Å². The largest absolute Gasteiger partial charge is 0.452 e. The van der Waals surface area contributed by atoms with Gasteiger partial charge < -0.3 is 14.8 Å². The van der Waals surface area contributed by atoms with Crippen molar-refractivity contribution in [3.63, 3.8) is 0 Å². The van der Waals surface area contributed by atoms with Crippen molar-refractivity contribution in [2.45, 2.75) is 6.61 Å². The van der Waals surface area contributed by atoms with Crippen LogP contribution in [0.25, 0.3) is 6.08 Å². The lowest BCUT2D eigenvalue weighted by atomic mass is 10.2. The number of hydrogen-bond acceptors (Lipinski definition) is 4. The molecule has 2 rings (SSSR count). The average molecular weight is 400 g/mol. The van der Waals surface area contributed by atoms with E-state index in [1.807, 2.05) is 0 Å². The second-order valence-corrected chi connectivity index (χ2v) is 5.47. The number of amides is 1. The minimum absolute atomic E-state index is 0.118. The van der Waals surface area contributed by atoms with Gasteiger partial charge in [-0.05, 0) is 42.0 Å². The molecule has 0 spiro atoms. The second-order valence-electron chi connectivity index (χ2n) is 5.06. The van der Waals surface area contributed by atoms with E-state index in [0.29, 0.717) is 5.56 Å². The zero-order valence-corrected chi connectivity index (χ0v) is 14.4. The molecule has 0 aliphatic carbocycles. The molecule has 142 valence electrons. The summed E-state index contributed by atoms with van der Waals surface area (Å²) in [4.78, 5) is 23.3. The molecule has 9 heteroatoms. The lowest BCUT2D eigenvalue weighted by Crippen LogP contribution is -2.20. The van der Waals surface area contributed by atoms with Gasteiger partial charge in [-0.3, -0.25) is 4.79 Å². The molecule has 2 aromatic rings. The number of alkyl halides is 2. The van der Waals surface area contributed by atoms with Crippen molar-refractivity contribution < 1.29 is 32.2 Å². The maximum atomic E-state index is 12.8. The molecule has 0 radical (unpaired) electrons. The average Bonchev–Trinajstić information content (AvgIpc) is 2.61. The number of carbonyl (C=O) groups is 2. The molecular formula is C18H13ClF3NO4. The monoisotopic (exact) mass is 399 g/mol. The van der Waals surface area contributed by atoms with E-state index in [2.05, 4.69) is 10.1 Å². The standard InChI is InChI=1S/C18H13ClF3NO4/c19-14-9-13(6-7-15(14)27-18(21)22)23-16(24)10-26-17(25)8-3-11-1-4-12(20)5-2-11/h1-9,18H,10H2,(H,23,24)/b8-3+. The number of hydrogen-bond donors (Lipinski definition) is 1. The molecule has 0 fully saturated rings. The van der Waals surface area contributed by atoms with E-state index in [1.165, 1.54) is 48.5 Å².